The van der Waals surface area contributed by atoms with E-state index in [-0.39, 0.29) is 12.2 Å². The first-order valence-corrected chi connectivity index (χ1v) is 5.53. The number of rotatable bonds is 6. The molecule has 0 amide bonds. The van der Waals surface area contributed by atoms with Crippen LogP contribution in [0.15, 0.2) is 0 Å². The molecule has 0 radical (unpaired) electrons. The zero-order valence-electron chi connectivity index (χ0n) is 8.83. The van der Waals surface area contributed by atoms with Crippen molar-refractivity contribution in [1.29, 1.82) is 0 Å². The van der Waals surface area contributed by atoms with Crippen molar-refractivity contribution in [3.8, 4) is 0 Å². The highest BCUT2D eigenvalue weighted by Gasteiger charge is 2.26. The van der Waals surface area contributed by atoms with Gasteiger partial charge in [0.25, 0.3) is 0 Å². The third-order valence-corrected chi connectivity index (χ3v) is 2.90. The second kappa shape index (κ2) is 5.61. The van der Waals surface area contributed by atoms with Gasteiger partial charge in [0.15, 0.2) is 0 Å². The molecular weight excluding hydrogens is 164 g/mol. The number of hydrogen-bond donors (Lipinski definition) is 1. The van der Waals surface area contributed by atoms with E-state index in [4.69, 9.17) is 4.74 Å². The summed E-state index contributed by atoms with van der Waals surface area (Å²) in [6.07, 6.45) is 5.54. The van der Waals surface area contributed by atoms with Gasteiger partial charge in [-0.1, -0.05) is 26.7 Å². The predicted octanol–water partition coefficient (Wildman–Crippen LogP) is 2.35. The Morgan fingerprint density at radius 3 is 2.54 bits per heavy atom. The van der Waals surface area contributed by atoms with Crippen molar-refractivity contribution < 1.29 is 9.84 Å². The topological polar surface area (TPSA) is 29.5 Å². The lowest BCUT2D eigenvalue weighted by Crippen LogP contribution is -2.38. The summed E-state index contributed by atoms with van der Waals surface area (Å²) in [6.45, 7) is 5.31. The zero-order valence-corrected chi connectivity index (χ0v) is 8.83. The number of aliphatic hydroxyl groups is 1. The third kappa shape index (κ3) is 3.65. The second-order valence-corrected chi connectivity index (χ2v) is 4.24. The molecule has 1 heterocycles. The quantitative estimate of drug-likeness (QED) is 0.690. The van der Waals surface area contributed by atoms with E-state index >= 15 is 0 Å². The smallest absolute Gasteiger partial charge is 0.0855 e. The van der Waals surface area contributed by atoms with Crippen molar-refractivity contribution >= 4 is 0 Å². The van der Waals surface area contributed by atoms with E-state index < -0.39 is 0 Å². The average molecular weight is 186 g/mol. The monoisotopic (exact) mass is 186 g/mol. The van der Waals surface area contributed by atoms with Gasteiger partial charge in [0, 0.05) is 6.61 Å². The summed E-state index contributed by atoms with van der Waals surface area (Å²) in [7, 11) is 0. The van der Waals surface area contributed by atoms with Gasteiger partial charge in [-0.3, -0.25) is 0 Å². The summed E-state index contributed by atoms with van der Waals surface area (Å²) >= 11 is 0. The maximum Gasteiger partial charge on any atom is 0.0855 e. The normalized spacial score (nSPS) is 26.5. The minimum atomic E-state index is -0.215. The first kappa shape index (κ1) is 11.0. The van der Waals surface area contributed by atoms with Crippen LogP contribution in [0.4, 0.5) is 0 Å². The summed E-state index contributed by atoms with van der Waals surface area (Å²) in [5.74, 6) is 0.750. The van der Waals surface area contributed by atoms with Gasteiger partial charge in [0.1, 0.15) is 0 Å². The lowest BCUT2D eigenvalue weighted by atomic mass is 9.95. The van der Waals surface area contributed by atoms with Crippen LogP contribution in [-0.4, -0.2) is 23.9 Å². The van der Waals surface area contributed by atoms with Crippen LogP contribution < -0.4 is 0 Å². The number of aliphatic hydroxyl groups excluding tert-OH is 1. The molecule has 3 unspecified atom stereocenters. The van der Waals surface area contributed by atoms with E-state index in [0.717, 1.165) is 31.8 Å². The van der Waals surface area contributed by atoms with Crippen molar-refractivity contribution in [3.63, 3.8) is 0 Å². The fourth-order valence-electron chi connectivity index (χ4n) is 1.84. The van der Waals surface area contributed by atoms with Gasteiger partial charge in [0.2, 0.25) is 0 Å². The summed E-state index contributed by atoms with van der Waals surface area (Å²) < 4.78 is 5.23. The SMILES string of the molecule is CCCC(C)CCC(O)C1CCO1. The van der Waals surface area contributed by atoms with Crippen LogP contribution in [0.5, 0.6) is 0 Å². The highest BCUT2D eigenvalue weighted by Crippen LogP contribution is 2.21. The van der Waals surface area contributed by atoms with Gasteiger partial charge in [-0.15, -0.1) is 0 Å². The first-order valence-electron chi connectivity index (χ1n) is 5.53. The Hall–Kier alpha value is -0.0800. The van der Waals surface area contributed by atoms with Crippen molar-refractivity contribution in [2.45, 2.75) is 58.2 Å². The van der Waals surface area contributed by atoms with Crippen molar-refractivity contribution in [3.05, 3.63) is 0 Å². The molecule has 3 atom stereocenters. The molecule has 1 aliphatic rings. The molecule has 0 aromatic heterocycles. The first-order chi connectivity index (χ1) is 6.24. The second-order valence-electron chi connectivity index (χ2n) is 4.24. The predicted molar refractivity (Wildman–Crippen MR) is 53.7 cm³/mol. The Morgan fingerprint density at radius 1 is 1.38 bits per heavy atom. The van der Waals surface area contributed by atoms with Gasteiger partial charge in [-0.05, 0) is 25.2 Å². The molecule has 0 aromatic carbocycles. The lowest BCUT2D eigenvalue weighted by Gasteiger charge is -2.31. The van der Waals surface area contributed by atoms with E-state index in [9.17, 15) is 5.11 Å². The van der Waals surface area contributed by atoms with E-state index in [1.165, 1.54) is 12.8 Å². The van der Waals surface area contributed by atoms with Crippen LogP contribution in [0.25, 0.3) is 0 Å². The molecule has 1 saturated heterocycles. The van der Waals surface area contributed by atoms with Gasteiger partial charge < -0.3 is 9.84 Å². The summed E-state index contributed by atoms with van der Waals surface area (Å²) in [5, 5.41) is 9.66. The van der Waals surface area contributed by atoms with Gasteiger partial charge in [-0.2, -0.15) is 0 Å². The number of hydrogen-bond acceptors (Lipinski definition) is 2. The molecule has 0 spiro atoms. The fraction of sp³-hybridized carbons (Fsp3) is 1.00. The molecule has 1 aliphatic heterocycles. The Bertz CT molecular complexity index is 132. The number of ether oxygens (including phenoxy) is 1. The Balaban J connectivity index is 2.03. The summed E-state index contributed by atoms with van der Waals surface area (Å²) in [4.78, 5) is 0. The largest absolute Gasteiger partial charge is 0.390 e. The molecule has 0 aromatic rings. The van der Waals surface area contributed by atoms with Crippen LogP contribution in [0.2, 0.25) is 0 Å². The molecule has 1 rings (SSSR count). The molecule has 2 heteroatoms. The third-order valence-electron chi connectivity index (χ3n) is 2.90. The molecule has 0 aliphatic carbocycles. The molecule has 78 valence electrons. The fourth-order valence-corrected chi connectivity index (χ4v) is 1.84. The summed E-state index contributed by atoms with van der Waals surface area (Å²) in [6, 6.07) is 0. The van der Waals surface area contributed by atoms with Crippen molar-refractivity contribution in [2.75, 3.05) is 6.61 Å². The van der Waals surface area contributed by atoms with Crippen LogP contribution in [0.3, 0.4) is 0 Å². The lowest BCUT2D eigenvalue weighted by molar-refractivity contribution is -0.119. The molecule has 0 saturated carbocycles. The minimum Gasteiger partial charge on any atom is -0.390 e. The minimum absolute atomic E-state index is 0.147. The van der Waals surface area contributed by atoms with E-state index in [1.54, 1.807) is 0 Å². The molecule has 1 fully saturated rings. The molecule has 0 bridgehead atoms. The molecule has 2 nitrogen and oxygen atoms in total. The Labute approximate surface area is 81.3 Å². The van der Waals surface area contributed by atoms with Gasteiger partial charge in [-0.25, -0.2) is 0 Å². The zero-order chi connectivity index (χ0) is 9.68. The Kier molecular flexibility index (Phi) is 4.74. The maximum atomic E-state index is 9.66. The van der Waals surface area contributed by atoms with E-state index in [1.807, 2.05) is 0 Å². The van der Waals surface area contributed by atoms with Crippen LogP contribution in [-0.2, 0) is 4.74 Å². The van der Waals surface area contributed by atoms with Gasteiger partial charge >= 0.3 is 0 Å². The molecular formula is C11H22O2. The van der Waals surface area contributed by atoms with E-state index in [0.29, 0.717) is 0 Å². The molecule has 1 N–H and O–H groups in total. The van der Waals surface area contributed by atoms with Crippen LogP contribution in [0.1, 0.15) is 46.0 Å². The van der Waals surface area contributed by atoms with Crippen molar-refractivity contribution in [2.24, 2.45) is 5.92 Å². The molecule has 13 heavy (non-hydrogen) atoms. The van der Waals surface area contributed by atoms with Gasteiger partial charge in [0.05, 0.1) is 12.2 Å². The Morgan fingerprint density at radius 2 is 2.08 bits per heavy atom. The van der Waals surface area contributed by atoms with Crippen LogP contribution in [0, 0.1) is 5.92 Å². The van der Waals surface area contributed by atoms with Crippen LogP contribution >= 0.6 is 0 Å². The summed E-state index contributed by atoms with van der Waals surface area (Å²) in [5.41, 5.74) is 0. The standard InChI is InChI=1S/C11H22O2/c1-3-4-9(2)5-6-10(12)11-7-8-13-11/h9-12H,3-8H2,1-2H3. The van der Waals surface area contributed by atoms with E-state index in [2.05, 4.69) is 13.8 Å². The highest BCUT2D eigenvalue weighted by atomic mass is 16.5. The van der Waals surface area contributed by atoms with Crippen molar-refractivity contribution in [1.82, 2.24) is 0 Å². The average Bonchev–Trinajstić information content (AvgIpc) is 1.98. The maximum absolute atomic E-state index is 9.66. The highest BCUT2D eigenvalue weighted by molar-refractivity contribution is 4.75.